The van der Waals surface area contributed by atoms with Crippen molar-refractivity contribution in [2.24, 2.45) is 5.16 Å². The number of carboxylic acid groups (broad SMARTS) is 1. The third-order valence-corrected chi connectivity index (χ3v) is 2.13. The van der Waals surface area contributed by atoms with Gasteiger partial charge in [-0.15, -0.1) is 0 Å². The molecule has 2 N–H and O–H groups in total. The molecule has 4 nitrogen and oxygen atoms in total. The molecule has 1 rings (SSSR count). The second-order valence-corrected chi connectivity index (χ2v) is 3.38. The fourth-order valence-corrected chi connectivity index (χ4v) is 1.25. The first-order valence-corrected chi connectivity index (χ1v) is 4.70. The maximum Gasteiger partial charge on any atom is 0.303 e. The number of carbonyl (C=O) groups is 1. The summed E-state index contributed by atoms with van der Waals surface area (Å²) < 4.78 is 0. The molecule has 0 atom stereocenters. The molecule has 0 unspecified atom stereocenters. The molecule has 5 heteroatoms. The van der Waals surface area contributed by atoms with Crippen LogP contribution in [0.1, 0.15) is 18.4 Å². The van der Waals surface area contributed by atoms with E-state index in [1.165, 1.54) is 0 Å². The molecule has 15 heavy (non-hydrogen) atoms. The zero-order valence-corrected chi connectivity index (χ0v) is 8.61. The summed E-state index contributed by atoms with van der Waals surface area (Å²) in [5.74, 6) is -0.926. The Morgan fingerprint density at radius 2 is 1.87 bits per heavy atom. The van der Waals surface area contributed by atoms with Crippen LogP contribution in [0.15, 0.2) is 29.4 Å². The fourth-order valence-electron chi connectivity index (χ4n) is 1.12. The number of rotatable bonds is 4. The van der Waals surface area contributed by atoms with E-state index < -0.39 is 5.97 Å². The standard InChI is InChI=1S/C10H10ClNO3/c11-8-3-1-7(2-4-8)9(12-15)5-6-10(13)14/h1-4,15H,5-6H2,(H,13,14)/b12-9+. The van der Waals surface area contributed by atoms with Gasteiger partial charge < -0.3 is 10.3 Å². The molecule has 0 saturated carbocycles. The van der Waals surface area contributed by atoms with Crippen LogP contribution in [-0.2, 0) is 4.79 Å². The van der Waals surface area contributed by atoms with E-state index >= 15 is 0 Å². The minimum Gasteiger partial charge on any atom is -0.481 e. The Morgan fingerprint density at radius 3 is 2.33 bits per heavy atom. The first-order chi connectivity index (χ1) is 7.13. The van der Waals surface area contributed by atoms with Crippen molar-refractivity contribution in [3.05, 3.63) is 34.9 Å². The van der Waals surface area contributed by atoms with Gasteiger partial charge in [0.15, 0.2) is 0 Å². The van der Waals surface area contributed by atoms with Gasteiger partial charge >= 0.3 is 5.97 Å². The zero-order chi connectivity index (χ0) is 11.3. The van der Waals surface area contributed by atoms with Crippen LogP contribution < -0.4 is 0 Å². The number of carboxylic acids is 1. The Balaban J connectivity index is 2.75. The summed E-state index contributed by atoms with van der Waals surface area (Å²) in [4.78, 5) is 10.3. The predicted octanol–water partition coefficient (Wildman–Crippen LogP) is 2.38. The Labute approximate surface area is 91.8 Å². The van der Waals surface area contributed by atoms with Crippen molar-refractivity contribution in [2.45, 2.75) is 12.8 Å². The number of halogens is 1. The van der Waals surface area contributed by atoms with E-state index in [0.717, 1.165) is 0 Å². The Hall–Kier alpha value is -1.55. The van der Waals surface area contributed by atoms with E-state index in [-0.39, 0.29) is 12.8 Å². The Bertz CT molecular complexity index is 373. The summed E-state index contributed by atoms with van der Waals surface area (Å²) in [6, 6.07) is 6.67. The molecule has 0 aliphatic heterocycles. The summed E-state index contributed by atoms with van der Waals surface area (Å²) in [5.41, 5.74) is 1.01. The smallest absolute Gasteiger partial charge is 0.303 e. The van der Waals surface area contributed by atoms with Gasteiger partial charge in [0.05, 0.1) is 12.1 Å². The van der Waals surface area contributed by atoms with Crippen LogP contribution >= 0.6 is 11.6 Å². The van der Waals surface area contributed by atoms with Gasteiger partial charge in [0.1, 0.15) is 0 Å². The molecule has 0 fully saturated rings. The predicted molar refractivity (Wildman–Crippen MR) is 56.6 cm³/mol. The molecule has 0 heterocycles. The molecule has 80 valence electrons. The fraction of sp³-hybridized carbons (Fsp3) is 0.200. The average Bonchev–Trinajstić information content (AvgIpc) is 2.21. The van der Waals surface area contributed by atoms with Gasteiger partial charge in [0.2, 0.25) is 0 Å². The summed E-state index contributed by atoms with van der Waals surface area (Å²) in [6.07, 6.45) is 0.121. The first-order valence-electron chi connectivity index (χ1n) is 4.32. The molecule has 0 aliphatic rings. The molecule has 1 aromatic rings. The lowest BCUT2D eigenvalue weighted by Crippen LogP contribution is -2.05. The minimum absolute atomic E-state index is 0.0674. The van der Waals surface area contributed by atoms with Crippen molar-refractivity contribution in [3.63, 3.8) is 0 Å². The van der Waals surface area contributed by atoms with Crippen molar-refractivity contribution >= 4 is 23.3 Å². The maximum atomic E-state index is 10.3. The third kappa shape index (κ3) is 3.59. The normalized spacial score (nSPS) is 11.4. The molecule has 0 bridgehead atoms. The van der Waals surface area contributed by atoms with Crippen LogP contribution in [-0.4, -0.2) is 22.0 Å². The van der Waals surface area contributed by atoms with Gasteiger partial charge in [-0.3, -0.25) is 4.79 Å². The van der Waals surface area contributed by atoms with Crippen LogP contribution in [0, 0.1) is 0 Å². The lowest BCUT2D eigenvalue weighted by Gasteiger charge is -2.02. The summed E-state index contributed by atoms with van der Waals surface area (Å²) in [6.45, 7) is 0. The van der Waals surface area contributed by atoms with Crippen LogP contribution in [0.5, 0.6) is 0 Å². The average molecular weight is 228 g/mol. The number of nitrogens with zero attached hydrogens (tertiary/aromatic N) is 1. The second kappa shape index (κ2) is 5.36. The maximum absolute atomic E-state index is 10.3. The highest BCUT2D eigenvalue weighted by molar-refractivity contribution is 6.30. The number of aliphatic carboxylic acids is 1. The Morgan fingerprint density at radius 1 is 1.27 bits per heavy atom. The molecular formula is C10H10ClNO3. The number of benzene rings is 1. The first kappa shape index (κ1) is 11.5. The molecule has 1 aromatic carbocycles. The number of hydrogen-bond acceptors (Lipinski definition) is 3. The molecule has 0 amide bonds. The highest BCUT2D eigenvalue weighted by Crippen LogP contribution is 2.12. The monoisotopic (exact) mass is 227 g/mol. The minimum atomic E-state index is -0.926. The van der Waals surface area contributed by atoms with Gasteiger partial charge in [0.25, 0.3) is 0 Å². The molecule has 0 saturated heterocycles. The molecular weight excluding hydrogens is 218 g/mol. The van der Waals surface area contributed by atoms with Crippen LogP contribution in [0.3, 0.4) is 0 Å². The van der Waals surface area contributed by atoms with Gasteiger partial charge in [-0.05, 0) is 17.7 Å². The van der Waals surface area contributed by atoms with Crippen LogP contribution in [0.25, 0.3) is 0 Å². The number of hydrogen-bond donors (Lipinski definition) is 2. The van der Waals surface area contributed by atoms with Gasteiger partial charge in [0, 0.05) is 11.4 Å². The SMILES string of the molecule is O=C(O)CC/C(=N\O)c1ccc(Cl)cc1. The van der Waals surface area contributed by atoms with Crippen molar-refractivity contribution in [2.75, 3.05) is 0 Å². The van der Waals surface area contributed by atoms with Crippen LogP contribution in [0.4, 0.5) is 0 Å². The summed E-state index contributed by atoms with van der Waals surface area (Å²) in [5, 5.41) is 20.9. The van der Waals surface area contributed by atoms with Gasteiger partial charge in [-0.25, -0.2) is 0 Å². The van der Waals surface area contributed by atoms with Gasteiger partial charge in [-0.1, -0.05) is 28.9 Å². The van der Waals surface area contributed by atoms with Crippen molar-refractivity contribution < 1.29 is 15.1 Å². The lowest BCUT2D eigenvalue weighted by molar-refractivity contribution is -0.136. The zero-order valence-electron chi connectivity index (χ0n) is 7.85. The van der Waals surface area contributed by atoms with Crippen LogP contribution in [0.2, 0.25) is 5.02 Å². The highest BCUT2D eigenvalue weighted by Gasteiger charge is 2.06. The quantitative estimate of drug-likeness (QED) is 0.471. The Kier molecular flexibility index (Phi) is 4.12. The topological polar surface area (TPSA) is 69.9 Å². The second-order valence-electron chi connectivity index (χ2n) is 2.95. The van der Waals surface area contributed by atoms with Gasteiger partial charge in [-0.2, -0.15) is 0 Å². The molecule has 0 radical (unpaired) electrons. The molecule has 0 aromatic heterocycles. The van der Waals surface area contributed by atoms with Crippen molar-refractivity contribution in [1.82, 2.24) is 0 Å². The van der Waals surface area contributed by atoms with E-state index in [1.807, 2.05) is 0 Å². The van der Waals surface area contributed by atoms with E-state index in [2.05, 4.69) is 5.16 Å². The molecule has 0 aliphatic carbocycles. The molecule has 0 spiro atoms. The number of oxime groups is 1. The van der Waals surface area contributed by atoms with E-state index in [1.54, 1.807) is 24.3 Å². The van der Waals surface area contributed by atoms with Crippen molar-refractivity contribution in [1.29, 1.82) is 0 Å². The summed E-state index contributed by atoms with van der Waals surface area (Å²) >= 11 is 5.69. The highest BCUT2D eigenvalue weighted by atomic mass is 35.5. The van der Waals surface area contributed by atoms with E-state index in [0.29, 0.717) is 16.3 Å². The summed E-state index contributed by atoms with van der Waals surface area (Å²) in [7, 11) is 0. The largest absolute Gasteiger partial charge is 0.481 e. The van der Waals surface area contributed by atoms with Crippen molar-refractivity contribution in [3.8, 4) is 0 Å². The third-order valence-electron chi connectivity index (χ3n) is 1.87. The lowest BCUT2D eigenvalue weighted by atomic mass is 10.1. The van der Waals surface area contributed by atoms with E-state index in [4.69, 9.17) is 21.9 Å². The van der Waals surface area contributed by atoms with E-state index in [9.17, 15) is 4.79 Å².